The Labute approximate surface area is 111 Å². The summed E-state index contributed by atoms with van der Waals surface area (Å²) in [5.74, 6) is 1.40. The molecule has 0 bridgehead atoms. The maximum absolute atomic E-state index is 11.0. The zero-order valence-electron chi connectivity index (χ0n) is 11.2. The monoisotopic (exact) mass is 270 g/mol. The standard InChI is InChI=1S/C13H22N2O2S/c1-4-17-12-7-5-6-11(13(12)14)15-10(2)8-9-18(3)16/h5-7,10,15H,4,8-9,14H2,1-3H3. The Morgan fingerprint density at radius 2 is 2.22 bits per heavy atom. The van der Waals surface area contributed by atoms with Gasteiger partial charge in [0.15, 0.2) is 0 Å². The molecule has 2 unspecified atom stereocenters. The molecule has 2 atom stereocenters. The van der Waals surface area contributed by atoms with Gasteiger partial charge < -0.3 is 15.8 Å². The summed E-state index contributed by atoms with van der Waals surface area (Å²) in [7, 11) is -0.753. The van der Waals surface area contributed by atoms with Crippen molar-refractivity contribution in [2.45, 2.75) is 26.3 Å². The quantitative estimate of drug-likeness (QED) is 0.746. The summed E-state index contributed by atoms with van der Waals surface area (Å²) < 4.78 is 16.5. The van der Waals surface area contributed by atoms with Gasteiger partial charge in [0, 0.05) is 28.9 Å². The fraction of sp³-hybridized carbons (Fsp3) is 0.538. The lowest BCUT2D eigenvalue weighted by Gasteiger charge is -2.18. The van der Waals surface area contributed by atoms with Gasteiger partial charge in [-0.2, -0.15) is 0 Å². The van der Waals surface area contributed by atoms with E-state index in [-0.39, 0.29) is 6.04 Å². The summed E-state index contributed by atoms with van der Waals surface area (Å²) in [6, 6.07) is 5.93. The SMILES string of the molecule is CCOc1cccc(NC(C)CCS(C)=O)c1N. The number of anilines is 2. The van der Waals surface area contributed by atoms with E-state index >= 15 is 0 Å². The molecule has 0 radical (unpaired) electrons. The molecule has 0 aliphatic carbocycles. The summed E-state index contributed by atoms with van der Waals surface area (Å²) in [5.41, 5.74) is 7.53. The van der Waals surface area contributed by atoms with Crippen LogP contribution in [0.1, 0.15) is 20.3 Å². The minimum absolute atomic E-state index is 0.230. The molecule has 0 heterocycles. The molecule has 3 N–H and O–H groups in total. The van der Waals surface area contributed by atoms with Crippen molar-refractivity contribution in [3.05, 3.63) is 18.2 Å². The third-order valence-corrected chi connectivity index (χ3v) is 3.42. The Bertz CT molecular complexity index is 410. The molecule has 1 aromatic carbocycles. The van der Waals surface area contributed by atoms with Crippen LogP contribution in [0, 0.1) is 0 Å². The zero-order chi connectivity index (χ0) is 13.5. The van der Waals surface area contributed by atoms with Crippen molar-refractivity contribution in [2.24, 2.45) is 0 Å². The van der Waals surface area contributed by atoms with Crippen LogP contribution in [0.2, 0.25) is 0 Å². The molecule has 1 aromatic rings. The molecule has 0 aliphatic heterocycles. The number of nitrogens with two attached hydrogens (primary N) is 1. The molecular formula is C13H22N2O2S. The molecule has 5 heteroatoms. The fourth-order valence-corrected chi connectivity index (χ4v) is 2.32. The Morgan fingerprint density at radius 1 is 1.50 bits per heavy atom. The molecule has 0 saturated carbocycles. The van der Waals surface area contributed by atoms with Crippen LogP contribution in [-0.4, -0.2) is 28.9 Å². The number of ether oxygens (including phenoxy) is 1. The number of rotatable bonds is 7. The lowest BCUT2D eigenvalue weighted by molar-refractivity contribution is 0.342. The van der Waals surface area contributed by atoms with E-state index in [1.807, 2.05) is 25.1 Å². The molecule has 0 spiro atoms. The van der Waals surface area contributed by atoms with Crippen molar-refractivity contribution in [2.75, 3.05) is 29.7 Å². The number of hydrogen-bond donors (Lipinski definition) is 2. The summed E-state index contributed by atoms with van der Waals surface area (Å²) in [6.45, 7) is 4.58. The first-order valence-corrected chi connectivity index (χ1v) is 7.85. The van der Waals surface area contributed by atoms with E-state index in [0.29, 0.717) is 23.8 Å². The highest BCUT2D eigenvalue weighted by atomic mass is 32.2. The van der Waals surface area contributed by atoms with Crippen molar-refractivity contribution in [1.82, 2.24) is 0 Å². The normalized spacial score (nSPS) is 13.9. The van der Waals surface area contributed by atoms with Gasteiger partial charge >= 0.3 is 0 Å². The Morgan fingerprint density at radius 3 is 2.83 bits per heavy atom. The molecule has 0 saturated heterocycles. The highest BCUT2D eigenvalue weighted by molar-refractivity contribution is 7.84. The summed E-state index contributed by atoms with van der Waals surface area (Å²) in [4.78, 5) is 0. The topological polar surface area (TPSA) is 64.3 Å². The average Bonchev–Trinajstić information content (AvgIpc) is 2.32. The first-order valence-electron chi connectivity index (χ1n) is 6.12. The maximum atomic E-state index is 11.0. The number of nitrogen functional groups attached to an aromatic ring is 1. The number of para-hydroxylation sites is 1. The smallest absolute Gasteiger partial charge is 0.144 e. The number of nitrogens with one attached hydrogen (secondary N) is 1. The van der Waals surface area contributed by atoms with Crippen molar-refractivity contribution in [3.63, 3.8) is 0 Å². The lowest BCUT2D eigenvalue weighted by Crippen LogP contribution is -2.18. The molecule has 0 aliphatic rings. The van der Waals surface area contributed by atoms with Crippen molar-refractivity contribution >= 4 is 22.2 Å². The van der Waals surface area contributed by atoms with Gasteiger partial charge in [0.1, 0.15) is 5.75 Å². The summed E-state index contributed by atoms with van der Waals surface area (Å²) >= 11 is 0. The van der Waals surface area contributed by atoms with Gasteiger partial charge in [-0.25, -0.2) is 0 Å². The van der Waals surface area contributed by atoms with Gasteiger partial charge in [-0.05, 0) is 32.4 Å². The largest absolute Gasteiger partial charge is 0.492 e. The number of hydrogen-bond acceptors (Lipinski definition) is 4. The van der Waals surface area contributed by atoms with Gasteiger partial charge in [-0.3, -0.25) is 4.21 Å². The second-order valence-corrected chi connectivity index (χ2v) is 5.82. The molecule has 1 rings (SSSR count). The Kier molecular flexibility index (Phi) is 5.98. The van der Waals surface area contributed by atoms with E-state index in [0.717, 1.165) is 12.1 Å². The van der Waals surface area contributed by atoms with Crippen LogP contribution in [0.3, 0.4) is 0 Å². The van der Waals surface area contributed by atoms with E-state index in [4.69, 9.17) is 10.5 Å². The fourth-order valence-electron chi connectivity index (χ4n) is 1.63. The van der Waals surface area contributed by atoms with Crippen LogP contribution in [0.4, 0.5) is 11.4 Å². The maximum Gasteiger partial charge on any atom is 0.144 e. The number of benzene rings is 1. The van der Waals surface area contributed by atoms with Gasteiger partial charge in [0.05, 0.1) is 18.0 Å². The van der Waals surface area contributed by atoms with Crippen molar-refractivity contribution < 1.29 is 8.95 Å². The molecular weight excluding hydrogens is 248 g/mol. The zero-order valence-corrected chi connectivity index (χ0v) is 12.0. The van der Waals surface area contributed by atoms with E-state index in [9.17, 15) is 4.21 Å². The van der Waals surface area contributed by atoms with Crippen LogP contribution < -0.4 is 15.8 Å². The Balaban J connectivity index is 2.66. The lowest BCUT2D eigenvalue weighted by atomic mass is 10.2. The Hall–Kier alpha value is -1.23. The van der Waals surface area contributed by atoms with Crippen LogP contribution in [0.15, 0.2) is 18.2 Å². The first kappa shape index (κ1) is 14.8. The minimum atomic E-state index is -0.753. The average molecular weight is 270 g/mol. The predicted molar refractivity (Wildman–Crippen MR) is 78.7 cm³/mol. The molecule has 102 valence electrons. The van der Waals surface area contributed by atoms with Gasteiger partial charge in [0.25, 0.3) is 0 Å². The molecule has 0 amide bonds. The van der Waals surface area contributed by atoms with Crippen LogP contribution in [-0.2, 0) is 10.8 Å². The van der Waals surface area contributed by atoms with E-state index < -0.39 is 10.8 Å². The third-order valence-electron chi connectivity index (χ3n) is 2.61. The van der Waals surface area contributed by atoms with E-state index in [1.54, 1.807) is 6.26 Å². The second kappa shape index (κ2) is 7.26. The molecule has 0 fully saturated rings. The van der Waals surface area contributed by atoms with Crippen molar-refractivity contribution in [1.29, 1.82) is 0 Å². The van der Waals surface area contributed by atoms with Gasteiger partial charge in [-0.1, -0.05) is 6.07 Å². The van der Waals surface area contributed by atoms with Crippen LogP contribution >= 0.6 is 0 Å². The second-order valence-electron chi connectivity index (χ2n) is 4.26. The van der Waals surface area contributed by atoms with Gasteiger partial charge in [0.2, 0.25) is 0 Å². The highest BCUT2D eigenvalue weighted by Gasteiger charge is 2.09. The summed E-state index contributed by atoms with van der Waals surface area (Å²) in [5, 5.41) is 3.32. The molecule has 4 nitrogen and oxygen atoms in total. The molecule has 0 aromatic heterocycles. The molecule has 18 heavy (non-hydrogen) atoms. The van der Waals surface area contributed by atoms with Crippen LogP contribution in [0.5, 0.6) is 5.75 Å². The summed E-state index contributed by atoms with van der Waals surface area (Å²) in [6.07, 6.45) is 2.57. The predicted octanol–water partition coefficient (Wildman–Crippen LogP) is 2.24. The third kappa shape index (κ3) is 4.56. The van der Waals surface area contributed by atoms with Crippen LogP contribution in [0.25, 0.3) is 0 Å². The van der Waals surface area contributed by atoms with Gasteiger partial charge in [-0.15, -0.1) is 0 Å². The minimum Gasteiger partial charge on any atom is -0.492 e. The van der Waals surface area contributed by atoms with E-state index in [1.165, 1.54) is 0 Å². The van der Waals surface area contributed by atoms with E-state index in [2.05, 4.69) is 12.2 Å². The first-order chi connectivity index (χ1) is 8.54. The van der Waals surface area contributed by atoms with Crippen molar-refractivity contribution in [3.8, 4) is 5.75 Å². The highest BCUT2D eigenvalue weighted by Crippen LogP contribution is 2.29.